The molecule has 0 nitrogen and oxygen atoms in total. The van der Waals surface area contributed by atoms with Crippen molar-refractivity contribution < 1.29 is 0 Å². The molecule has 1 aromatic carbocycles. The lowest BCUT2D eigenvalue weighted by molar-refractivity contribution is 0.464. The number of hydrogen-bond acceptors (Lipinski definition) is 0. The van der Waals surface area contributed by atoms with Crippen LogP contribution in [0.25, 0.3) is 0 Å². The largest absolute Gasteiger partial charge is 0.0739 e. The Bertz CT molecular complexity index is 275. The van der Waals surface area contributed by atoms with Gasteiger partial charge < -0.3 is 0 Å². The van der Waals surface area contributed by atoms with Gasteiger partial charge >= 0.3 is 0 Å². The summed E-state index contributed by atoms with van der Waals surface area (Å²) in [5, 5.41) is 0. The van der Waals surface area contributed by atoms with Crippen LogP contribution in [0, 0.1) is 11.8 Å². The zero-order chi connectivity index (χ0) is 10.4. The summed E-state index contributed by atoms with van der Waals surface area (Å²) < 4.78 is 0. The van der Waals surface area contributed by atoms with E-state index in [2.05, 4.69) is 66.2 Å². The monoisotopic (exact) mass is 252 g/mol. The number of halogens is 1. The summed E-state index contributed by atoms with van der Waals surface area (Å²) in [6, 6.07) is 10.7. The van der Waals surface area contributed by atoms with Crippen LogP contribution in [0.3, 0.4) is 0 Å². The first-order chi connectivity index (χ1) is 6.74. The average molecular weight is 253 g/mol. The van der Waals surface area contributed by atoms with Crippen LogP contribution in [0.4, 0.5) is 0 Å². The highest BCUT2D eigenvalue weighted by Crippen LogP contribution is 2.19. The number of rotatable bonds is 4. The molecule has 1 heteroatoms. The van der Waals surface area contributed by atoms with E-state index in [1.54, 1.807) is 0 Å². The maximum Gasteiger partial charge on any atom is -0.0162 e. The molecule has 14 heavy (non-hydrogen) atoms. The predicted molar refractivity (Wildman–Crippen MR) is 66.5 cm³/mol. The van der Waals surface area contributed by atoms with E-state index in [4.69, 9.17) is 0 Å². The van der Waals surface area contributed by atoms with E-state index < -0.39 is 0 Å². The van der Waals surface area contributed by atoms with Crippen LogP contribution in [-0.2, 0) is 6.42 Å². The van der Waals surface area contributed by atoms with Crippen LogP contribution >= 0.6 is 15.9 Å². The Hall–Kier alpha value is -0.560. The van der Waals surface area contributed by atoms with Gasteiger partial charge in [0.25, 0.3) is 0 Å². The van der Waals surface area contributed by atoms with E-state index >= 15 is 0 Å². The molecule has 0 aliphatic rings. The average Bonchev–Trinajstić information content (AvgIpc) is 2.18. The van der Waals surface area contributed by atoms with Crippen molar-refractivity contribution in [1.82, 2.24) is 0 Å². The quantitative estimate of drug-likeness (QED) is 0.745. The molecule has 0 saturated carbocycles. The van der Waals surface area contributed by atoms with Gasteiger partial charge in [0.2, 0.25) is 0 Å². The van der Waals surface area contributed by atoms with Crippen molar-refractivity contribution in [2.75, 3.05) is 0 Å². The Morgan fingerprint density at radius 3 is 2.36 bits per heavy atom. The molecule has 1 rings (SSSR count). The van der Waals surface area contributed by atoms with E-state index in [1.165, 1.54) is 5.56 Å². The fourth-order valence-corrected chi connectivity index (χ4v) is 1.90. The summed E-state index contributed by atoms with van der Waals surface area (Å²) in [7, 11) is 0. The second-order valence-corrected chi connectivity index (χ2v) is 4.44. The van der Waals surface area contributed by atoms with Gasteiger partial charge in [-0.2, -0.15) is 0 Å². The Morgan fingerprint density at radius 2 is 1.86 bits per heavy atom. The molecule has 1 unspecified atom stereocenters. The number of allylic oxidation sites excluding steroid dienone is 1. The van der Waals surface area contributed by atoms with Gasteiger partial charge in [-0.05, 0) is 28.8 Å². The van der Waals surface area contributed by atoms with Gasteiger partial charge in [-0.1, -0.05) is 66.2 Å². The Morgan fingerprint density at radius 1 is 1.21 bits per heavy atom. The molecule has 0 amide bonds. The second kappa shape index (κ2) is 6.02. The van der Waals surface area contributed by atoms with E-state index in [-0.39, 0.29) is 0 Å². The summed E-state index contributed by atoms with van der Waals surface area (Å²) in [4.78, 5) is 1.97. The Kier molecular flexibility index (Phi) is 4.95. The zero-order valence-electron chi connectivity index (χ0n) is 8.78. The molecule has 0 fully saturated rings. The standard InChI is InChI=1S/C13H17Br/c1-11(2)13(8-9-14)10-12-6-4-3-5-7-12/h3-9,11,13H,10H2,1-2H3. The van der Waals surface area contributed by atoms with Crippen LogP contribution in [0.5, 0.6) is 0 Å². The molecular formula is C13H17Br. The van der Waals surface area contributed by atoms with Gasteiger partial charge in [0, 0.05) is 0 Å². The molecule has 0 aliphatic carbocycles. The first-order valence-corrected chi connectivity index (χ1v) is 5.96. The van der Waals surface area contributed by atoms with Crippen molar-refractivity contribution in [2.45, 2.75) is 20.3 Å². The van der Waals surface area contributed by atoms with Gasteiger partial charge in [0.1, 0.15) is 0 Å². The van der Waals surface area contributed by atoms with Gasteiger partial charge in [-0.3, -0.25) is 0 Å². The molecule has 0 aliphatic heterocycles. The van der Waals surface area contributed by atoms with Crippen molar-refractivity contribution in [3.05, 3.63) is 47.0 Å². The lowest BCUT2D eigenvalue weighted by atomic mass is 9.89. The molecular weight excluding hydrogens is 236 g/mol. The molecule has 0 N–H and O–H groups in total. The number of hydrogen-bond donors (Lipinski definition) is 0. The van der Waals surface area contributed by atoms with Crippen LogP contribution in [-0.4, -0.2) is 0 Å². The van der Waals surface area contributed by atoms with Crippen LogP contribution in [0.2, 0.25) is 0 Å². The molecule has 1 aromatic rings. The van der Waals surface area contributed by atoms with E-state index in [0.29, 0.717) is 11.8 Å². The molecule has 1 atom stereocenters. The van der Waals surface area contributed by atoms with Crippen LogP contribution in [0.1, 0.15) is 19.4 Å². The minimum Gasteiger partial charge on any atom is -0.0739 e. The fourth-order valence-electron chi connectivity index (χ4n) is 1.51. The third kappa shape index (κ3) is 3.67. The van der Waals surface area contributed by atoms with E-state index in [9.17, 15) is 0 Å². The minimum absolute atomic E-state index is 0.622. The molecule has 0 saturated heterocycles. The van der Waals surface area contributed by atoms with Crippen molar-refractivity contribution >= 4 is 15.9 Å². The maximum atomic E-state index is 3.35. The molecule has 0 spiro atoms. The lowest BCUT2D eigenvalue weighted by Crippen LogP contribution is -2.08. The second-order valence-electron chi connectivity index (χ2n) is 3.92. The molecule has 76 valence electrons. The fraction of sp³-hybridized carbons (Fsp3) is 0.385. The first-order valence-electron chi connectivity index (χ1n) is 5.05. The van der Waals surface area contributed by atoms with Gasteiger partial charge in [0.05, 0.1) is 0 Å². The summed E-state index contributed by atoms with van der Waals surface area (Å²) in [6.45, 7) is 4.53. The summed E-state index contributed by atoms with van der Waals surface area (Å²) >= 11 is 3.35. The smallest absolute Gasteiger partial charge is 0.0162 e. The van der Waals surface area contributed by atoms with Crippen LogP contribution < -0.4 is 0 Å². The summed E-state index contributed by atoms with van der Waals surface area (Å²) in [5.74, 6) is 1.31. The third-order valence-corrected chi connectivity index (χ3v) is 2.80. The first kappa shape index (κ1) is 11.5. The normalized spacial score (nSPS) is 13.7. The highest BCUT2D eigenvalue weighted by atomic mass is 79.9. The molecule has 0 heterocycles. The lowest BCUT2D eigenvalue weighted by Gasteiger charge is -2.16. The Labute approximate surface area is 95.2 Å². The van der Waals surface area contributed by atoms with Crippen molar-refractivity contribution in [1.29, 1.82) is 0 Å². The van der Waals surface area contributed by atoms with Crippen LogP contribution in [0.15, 0.2) is 41.4 Å². The van der Waals surface area contributed by atoms with Gasteiger partial charge in [-0.25, -0.2) is 0 Å². The van der Waals surface area contributed by atoms with Crippen molar-refractivity contribution in [3.63, 3.8) is 0 Å². The molecule has 0 aromatic heterocycles. The highest BCUT2D eigenvalue weighted by Gasteiger charge is 2.09. The minimum atomic E-state index is 0.622. The van der Waals surface area contributed by atoms with Gasteiger partial charge in [0.15, 0.2) is 0 Å². The Balaban J connectivity index is 2.65. The van der Waals surface area contributed by atoms with Crippen molar-refractivity contribution in [3.8, 4) is 0 Å². The van der Waals surface area contributed by atoms with E-state index in [1.807, 2.05) is 4.99 Å². The number of benzene rings is 1. The summed E-state index contributed by atoms with van der Waals surface area (Å²) in [5.41, 5.74) is 1.41. The third-order valence-electron chi connectivity index (χ3n) is 2.49. The predicted octanol–water partition coefficient (Wildman–Crippen LogP) is 4.41. The maximum absolute atomic E-state index is 3.35. The zero-order valence-corrected chi connectivity index (χ0v) is 10.4. The topological polar surface area (TPSA) is 0 Å². The highest BCUT2D eigenvalue weighted by molar-refractivity contribution is 9.11. The van der Waals surface area contributed by atoms with E-state index in [0.717, 1.165) is 6.42 Å². The van der Waals surface area contributed by atoms with Crippen molar-refractivity contribution in [2.24, 2.45) is 11.8 Å². The SMILES string of the molecule is CC(C)C(C=CBr)Cc1ccccc1. The molecule has 0 bridgehead atoms. The molecule has 0 radical (unpaired) electrons. The summed E-state index contributed by atoms with van der Waals surface area (Å²) in [6.07, 6.45) is 3.36. The van der Waals surface area contributed by atoms with Gasteiger partial charge in [-0.15, -0.1) is 0 Å².